The fourth-order valence-electron chi connectivity index (χ4n) is 2.04. The number of amides is 1. The summed E-state index contributed by atoms with van der Waals surface area (Å²) in [7, 11) is -3.25. The Hall–Kier alpha value is -2.16. The molecule has 0 spiro atoms. The summed E-state index contributed by atoms with van der Waals surface area (Å²) in [5.74, 6) is -0.541. The summed E-state index contributed by atoms with van der Waals surface area (Å²) in [6, 6.07) is 7.03. The van der Waals surface area contributed by atoms with Crippen LogP contribution in [0.3, 0.4) is 0 Å². The third kappa shape index (κ3) is 4.22. The second kappa shape index (κ2) is 7.16. The molecule has 0 aliphatic heterocycles. The van der Waals surface area contributed by atoms with Gasteiger partial charge in [0.25, 0.3) is 5.91 Å². The molecule has 0 bridgehead atoms. The van der Waals surface area contributed by atoms with Gasteiger partial charge in [-0.05, 0) is 38.1 Å². The second-order valence-corrected chi connectivity index (χ2v) is 7.80. The predicted molar refractivity (Wildman–Crippen MR) is 93.8 cm³/mol. The van der Waals surface area contributed by atoms with E-state index in [2.05, 4.69) is 15.8 Å². The summed E-state index contributed by atoms with van der Waals surface area (Å²) in [6.07, 6.45) is 0. The molecule has 1 aromatic carbocycles. The first-order chi connectivity index (χ1) is 11.2. The van der Waals surface area contributed by atoms with Crippen molar-refractivity contribution < 1.29 is 13.6 Å². The average molecular weight is 371 g/mol. The van der Waals surface area contributed by atoms with E-state index in [1.54, 1.807) is 13.8 Å². The lowest BCUT2D eigenvalue weighted by Gasteiger charge is -2.12. The molecule has 0 saturated carbocycles. The number of carbonyl (C=O) groups is 1. The van der Waals surface area contributed by atoms with Crippen LogP contribution in [0.25, 0.3) is 0 Å². The molecule has 7 nitrogen and oxygen atoms in total. The number of hydrazine groups is 1. The third-order valence-electron chi connectivity index (χ3n) is 3.23. The largest absolute Gasteiger partial charge is 0.326 e. The normalized spacial score (nSPS) is 13.2. The minimum absolute atomic E-state index is 0.0184. The quantitative estimate of drug-likeness (QED) is 0.477. The standard InChI is InChI=1S/C15H16ClN3O4S/c1-3-24(22,23)13-5-4-11(16)8-12(13)18-19-15(21)10-6-9(2)17-14(20)7-10/h4-8H,3H2,1-2H3,(H3-,17,18,19,20,21,22,23)/p+1. The van der Waals surface area contributed by atoms with Crippen molar-refractivity contribution in [2.75, 3.05) is 11.2 Å². The van der Waals surface area contributed by atoms with E-state index in [9.17, 15) is 18.4 Å². The smallest absolute Gasteiger partial charge is 0.269 e. The monoisotopic (exact) mass is 370 g/mol. The number of pyridine rings is 1. The van der Waals surface area contributed by atoms with Crippen LogP contribution in [0.5, 0.6) is 0 Å². The minimum Gasteiger partial charge on any atom is -0.326 e. The van der Waals surface area contributed by atoms with Crippen molar-refractivity contribution in [3.8, 4) is 0 Å². The molecule has 1 unspecified atom stereocenters. The van der Waals surface area contributed by atoms with E-state index in [1.807, 2.05) is 0 Å². The van der Waals surface area contributed by atoms with Gasteiger partial charge in [0.2, 0.25) is 20.7 Å². The highest BCUT2D eigenvalue weighted by Crippen LogP contribution is 2.28. The zero-order valence-corrected chi connectivity index (χ0v) is 14.6. The van der Waals surface area contributed by atoms with Crippen molar-refractivity contribution in [1.82, 2.24) is 10.4 Å². The lowest BCUT2D eigenvalue weighted by Crippen LogP contribution is -2.31. The number of H-pyrrole nitrogens is 1. The van der Waals surface area contributed by atoms with E-state index in [-0.39, 0.29) is 21.9 Å². The molecule has 128 valence electrons. The number of halogens is 1. The van der Waals surface area contributed by atoms with Gasteiger partial charge in [-0.3, -0.25) is 20.4 Å². The average Bonchev–Trinajstić information content (AvgIpc) is 2.51. The molecule has 0 fully saturated rings. The van der Waals surface area contributed by atoms with Gasteiger partial charge in [-0.1, -0.05) is 15.8 Å². The number of rotatable bonds is 5. The van der Waals surface area contributed by atoms with Gasteiger partial charge in [0.05, 0.1) is 0 Å². The van der Waals surface area contributed by atoms with Crippen LogP contribution in [0.2, 0.25) is 5.02 Å². The van der Waals surface area contributed by atoms with E-state index in [0.29, 0.717) is 10.7 Å². The first-order valence-corrected chi connectivity index (χ1v) is 9.10. The maximum Gasteiger partial charge on any atom is 0.269 e. The van der Waals surface area contributed by atoms with E-state index < -0.39 is 21.7 Å². The molecular formula is C15H17ClN3O4S+. The van der Waals surface area contributed by atoms with Crippen LogP contribution in [-0.2, 0) is 14.4 Å². The van der Waals surface area contributed by atoms with Crippen LogP contribution in [0.4, 0.5) is 5.69 Å². The number of nitrogens with one attached hydrogen (secondary N) is 3. The maximum atomic E-state index is 12.2. The topological polar surface area (TPSA) is 111 Å². The van der Waals surface area contributed by atoms with Crippen molar-refractivity contribution in [3.63, 3.8) is 0 Å². The van der Waals surface area contributed by atoms with E-state index in [1.165, 1.54) is 24.3 Å². The molecule has 2 rings (SSSR count). The Bertz CT molecular complexity index is 881. The van der Waals surface area contributed by atoms with Gasteiger partial charge in [0.1, 0.15) is 11.4 Å². The van der Waals surface area contributed by atoms with Gasteiger partial charge in [0.15, 0.2) is 0 Å². The van der Waals surface area contributed by atoms with E-state index in [0.717, 1.165) is 6.07 Å². The Kier molecular flexibility index (Phi) is 5.43. The first-order valence-electron chi connectivity index (χ1n) is 7.04. The summed E-state index contributed by atoms with van der Waals surface area (Å²) < 4.78 is 22.2. The summed E-state index contributed by atoms with van der Waals surface area (Å²) in [4.78, 5) is 26.2. The molecule has 1 amide bonds. The lowest BCUT2D eigenvalue weighted by molar-refractivity contribution is 0.0962. The van der Waals surface area contributed by atoms with Crippen LogP contribution >= 0.6 is 11.6 Å². The van der Waals surface area contributed by atoms with Gasteiger partial charge in [-0.15, -0.1) is 0 Å². The highest BCUT2D eigenvalue weighted by atomic mass is 35.5. The van der Waals surface area contributed by atoms with Crippen molar-refractivity contribution in [1.29, 1.82) is 0 Å². The van der Waals surface area contributed by atoms with Crippen LogP contribution < -0.4 is 16.4 Å². The molecule has 24 heavy (non-hydrogen) atoms. The summed E-state index contributed by atoms with van der Waals surface area (Å²) >= 11 is 5.91. The van der Waals surface area contributed by atoms with Crippen molar-refractivity contribution >= 4 is 33.4 Å². The summed E-state index contributed by atoms with van der Waals surface area (Å²) in [5.41, 5.74) is 5.51. The first kappa shape index (κ1) is 18.2. The Labute approximate surface area is 144 Å². The van der Waals surface area contributed by atoms with Gasteiger partial charge < -0.3 is 4.98 Å². The van der Waals surface area contributed by atoms with E-state index >= 15 is 0 Å². The van der Waals surface area contributed by atoms with Crippen LogP contribution in [0.15, 0.2) is 40.0 Å². The Morgan fingerprint density at radius 1 is 1.33 bits per heavy atom. The summed E-state index contributed by atoms with van der Waals surface area (Å²) in [5, 5.41) is 0.341. The third-order valence-corrected chi connectivity index (χ3v) is 5.29. The predicted octanol–water partition coefficient (Wildman–Crippen LogP) is 2.44. The Balaban J connectivity index is 2.25. The van der Waals surface area contributed by atoms with Crippen molar-refractivity contribution in [3.05, 3.63) is 57.0 Å². The van der Waals surface area contributed by atoms with E-state index in [4.69, 9.17) is 11.6 Å². The van der Waals surface area contributed by atoms with Crippen molar-refractivity contribution in [2.45, 2.75) is 18.7 Å². The number of carbonyl (C=O) groups excluding carboxylic acids is 1. The zero-order chi connectivity index (χ0) is 17.9. The van der Waals surface area contributed by atoms with Crippen LogP contribution in [0.1, 0.15) is 23.0 Å². The number of aromatic nitrogens is 1. The molecule has 4 N–H and O–H groups in total. The molecule has 1 atom stereocenters. The SMILES string of the molecule is CC[S+](=O)(O)c1ccc(Cl)cc1NNC(=O)c1cc(C)[nH]c(=O)c1. The van der Waals surface area contributed by atoms with Gasteiger partial charge >= 0.3 is 0 Å². The number of aromatic amines is 1. The molecular weight excluding hydrogens is 354 g/mol. The van der Waals surface area contributed by atoms with Crippen LogP contribution in [-0.4, -0.2) is 21.2 Å². The molecule has 0 aliphatic rings. The van der Waals surface area contributed by atoms with Gasteiger partial charge in [-0.2, -0.15) is 4.55 Å². The number of hydrogen-bond donors (Lipinski definition) is 4. The Morgan fingerprint density at radius 3 is 2.67 bits per heavy atom. The number of aryl methyl sites for hydroxylation is 1. The zero-order valence-electron chi connectivity index (χ0n) is 13.1. The number of benzene rings is 1. The lowest BCUT2D eigenvalue weighted by atomic mass is 10.2. The minimum atomic E-state index is -3.25. The molecule has 1 aromatic heterocycles. The number of anilines is 1. The molecule has 9 heteroatoms. The molecule has 0 aliphatic carbocycles. The van der Waals surface area contributed by atoms with Crippen LogP contribution in [0, 0.1) is 6.92 Å². The van der Waals surface area contributed by atoms with Gasteiger partial charge in [-0.25, -0.2) is 0 Å². The maximum absolute atomic E-state index is 12.2. The molecule has 0 radical (unpaired) electrons. The molecule has 0 saturated heterocycles. The Morgan fingerprint density at radius 2 is 2.04 bits per heavy atom. The fraction of sp³-hybridized carbons (Fsp3) is 0.200. The second-order valence-electron chi connectivity index (χ2n) is 5.07. The molecule has 1 heterocycles. The highest BCUT2D eigenvalue weighted by Gasteiger charge is 2.30. The molecule has 2 aromatic rings. The summed E-state index contributed by atoms with van der Waals surface area (Å²) in [6.45, 7) is 3.24. The fourth-order valence-corrected chi connectivity index (χ4v) is 3.26. The van der Waals surface area contributed by atoms with Gasteiger partial charge in [0, 0.05) is 22.3 Å². The number of hydrogen-bond acceptors (Lipinski definition) is 4. The highest BCUT2D eigenvalue weighted by molar-refractivity contribution is 7.97. The van der Waals surface area contributed by atoms with Crippen molar-refractivity contribution in [2.24, 2.45) is 0 Å².